The molecule has 4 nitrogen and oxygen atoms in total. The Kier molecular flexibility index (Phi) is 5.46. The van der Waals surface area contributed by atoms with Gasteiger partial charge in [0.05, 0.1) is 22.3 Å². The lowest BCUT2D eigenvalue weighted by atomic mass is 9.83. The Hall–Kier alpha value is -5.16. The maximum Gasteiger partial charge on any atom is 0.101 e. The van der Waals surface area contributed by atoms with Crippen LogP contribution < -0.4 is 0 Å². The van der Waals surface area contributed by atoms with Crippen LogP contribution in [0.3, 0.4) is 0 Å². The molecule has 0 spiro atoms. The predicted octanol–water partition coefficient (Wildman–Crippen LogP) is 6.17. The second kappa shape index (κ2) is 8.69. The molecule has 0 heterocycles. The van der Waals surface area contributed by atoms with Gasteiger partial charge in [0.1, 0.15) is 24.3 Å². The number of nitriles is 4. The van der Waals surface area contributed by atoms with E-state index >= 15 is 0 Å². The summed E-state index contributed by atoms with van der Waals surface area (Å²) >= 11 is 0. The minimum Gasteiger partial charge on any atom is -0.192 e. The highest BCUT2D eigenvalue weighted by Gasteiger charge is 2.21. The van der Waals surface area contributed by atoms with E-state index in [4.69, 9.17) is 0 Å². The van der Waals surface area contributed by atoms with Crippen LogP contribution in [0.2, 0.25) is 0 Å². The third-order valence-electron chi connectivity index (χ3n) is 5.30. The van der Waals surface area contributed by atoms with Crippen molar-refractivity contribution in [1.82, 2.24) is 0 Å². The number of benzene rings is 4. The van der Waals surface area contributed by atoms with Crippen LogP contribution in [-0.4, -0.2) is 0 Å². The Morgan fingerprint density at radius 1 is 0.406 bits per heavy atom. The van der Waals surface area contributed by atoms with Gasteiger partial charge >= 0.3 is 0 Å². The van der Waals surface area contributed by atoms with E-state index < -0.39 is 0 Å². The number of rotatable bonds is 3. The van der Waals surface area contributed by atoms with Crippen molar-refractivity contribution >= 4 is 0 Å². The van der Waals surface area contributed by atoms with Gasteiger partial charge in [0.25, 0.3) is 0 Å². The molecule has 0 aliphatic heterocycles. The molecule has 0 aliphatic rings. The number of hydrogen-bond donors (Lipinski definition) is 0. The summed E-state index contributed by atoms with van der Waals surface area (Å²) in [6.07, 6.45) is 0. The first-order chi connectivity index (χ1) is 15.7. The molecule has 0 amide bonds. The lowest BCUT2D eigenvalue weighted by Crippen LogP contribution is -1.97. The second-order valence-electron chi connectivity index (χ2n) is 7.00. The van der Waals surface area contributed by atoms with Gasteiger partial charge in [-0.3, -0.25) is 0 Å². The fourth-order valence-corrected chi connectivity index (χ4v) is 3.89. The Labute approximate surface area is 186 Å². The van der Waals surface area contributed by atoms with Gasteiger partial charge < -0.3 is 0 Å². The summed E-state index contributed by atoms with van der Waals surface area (Å²) in [6, 6.07) is 34.3. The highest BCUT2D eigenvalue weighted by molar-refractivity contribution is 5.98. The van der Waals surface area contributed by atoms with Gasteiger partial charge in [-0.25, -0.2) is 0 Å². The molecule has 4 aromatic rings. The highest BCUT2D eigenvalue weighted by Crippen LogP contribution is 2.43. The summed E-state index contributed by atoms with van der Waals surface area (Å²) in [5.41, 5.74) is 5.57. The van der Waals surface area contributed by atoms with Crippen LogP contribution >= 0.6 is 0 Å². The molecule has 0 fully saturated rings. The van der Waals surface area contributed by atoms with Crippen molar-refractivity contribution in [3.63, 3.8) is 0 Å². The van der Waals surface area contributed by atoms with Crippen molar-refractivity contribution < 1.29 is 0 Å². The Morgan fingerprint density at radius 3 is 1.50 bits per heavy atom. The Morgan fingerprint density at radius 2 is 0.906 bits per heavy atom. The van der Waals surface area contributed by atoms with Crippen LogP contribution in [0.5, 0.6) is 0 Å². The van der Waals surface area contributed by atoms with E-state index in [2.05, 4.69) is 24.3 Å². The van der Waals surface area contributed by atoms with E-state index in [1.165, 1.54) is 0 Å². The second-order valence-corrected chi connectivity index (χ2v) is 7.00. The molecule has 4 rings (SSSR count). The minimum atomic E-state index is 0.273. The van der Waals surface area contributed by atoms with E-state index in [0.29, 0.717) is 16.7 Å². The first kappa shape index (κ1) is 20.1. The molecule has 32 heavy (non-hydrogen) atoms. The van der Waals surface area contributed by atoms with Crippen LogP contribution in [0.4, 0.5) is 0 Å². The maximum absolute atomic E-state index is 9.90. The molecule has 0 bridgehead atoms. The zero-order valence-electron chi connectivity index (χ0n) is 16.9. The summed E-state index contributed by atoms with van der Waals surface area (Å²) in [6.45, 7) is 0. The molecule has 0 atom stereocenters. The molecule has 4 heteroatoms. The van der Waals surface area contributed by atoms with Crippen molar-refractivity contribution in [3.8, 4) is 57.7 Å². The summed E-state index contributed by atoms with van der Waals surface area (Å²) in [4.78, 5) is 0. The van der Waals surface area contributed by atoms with Crippen molar-refractivity contribution in [2.24, 2.45) is 0 Å². The molecular weight excluding hydrogens is 392 g/mol. The Balaban J connectivity index is 2.18. The van der Waals surface area contributed by atoms with Gasteiger partial charge in [-0.15, -0.1) is 0 Å². The molecule has 0 saturated carbocycles. The topological polar surface area (TPSA) is 95.2 Å². The molecule has 0 aliphatic carbocycles. The summed E-state index contributed by atoms with van der Waals surface area (Å²) in [7, 11) is 0. The van der Waals surface area contributed by atoms with Crippen molar-refractivity contribution in [3.05, 3.63) is 107 Å². The van der Waals surface area contributed by atoms with Crippen LogP contribution in [0, 0.1) is 45.3 Å². The predicted molar refractivity (Wildman–Crippen MR) is 122 cm³/mol. The number of hydrogen-bond acceptors (Lipinski definition) is 4. The molecule has 0 unspecified atom stereocenters. The molecule has 4 aromatic carbocycles. The fourth-order valence-electron chi connectivity index (χ4n) is 3.89. The zero-order chi connectivity index (χ0) is 22.5. The lowest BCUT2D eigenvalue weighted by Gasteiger charge is -2.18. The van der Waals surface area contributed by atoms with Crippen LogP contribution in [0.1, 0.15) is 22.3 Å². The van der Waals surface area contributed by atoms with Crippen LogP contribution in [0.25, 0.3) is 33.4 Å². The summed E-state index contributed by atoms with van der Waals surface area (Å²) in [5, 5.41) is 38.8. The van der Waals surface area contributed by atoms with E-state index in [-0.39, 0.29) is 22.3 Å². The van der Waals surface area contributed by atoms with Gasteiger partial charge in [0, 0.05) is 11.1 Å². The fraction of sp³-hybridized carbons (Fsp3) is 0. The van der Waals surface area contributed by atoms with Crippen LogP contribution in [-0.2, 0) is 0 Å². The standard InChI is InChI=1S/C28H14N4/c29-15-20-9-4-12-23(26(20)17-31)24-14-6-11-22(19-7-2-1-3-8-19)28(24)25-13-5-10-21(16-30)27(25)18-32/h1-14H. The average Bonchev–Trinajstić information content (AvgIpc) is 2.87. The molecular formula is C28H14N4. The van der Waals surface area contributed by atoms with E-state index in [9.17, 15) is 21.0 Å². The van der Waals surface area contributed by atoms with Crippen LogP contribution in [0.15, 0.2) is 84.9 Å². The SMILES string of the molecule is N#Cc1cccc(-c2cccc(-c3ccccc3)c2-c2cccc(C#N)c2C#N)c1C#N. The average molecular weight is 406 g/mol. The maximum atomic E-state index is 9.90. The zero-order valence-corrected chi connectivity index (χ0v) is 16.9. The van der Waals surface area contributed by atoms with Gasteiger partial charge in [-0.05, 0) is 34.4 Å². The first-order valence-electron chi connectivity index (χ1n) is 9.79. The minimum absolute atomic E-state index is 0.273. The third-order valence-corrected chi connectivity index (χ3v) is 5.30. The molecule has 0 saturated heterocycles. The summed E-state index contributed by atoms with van der Waals surface area (Å²) < 4.78 is 0. The largest absolute Gasteiger partial charge is 0.192 e. The smallest absolute Gasteiger partial charge is 0.101 e. The van der Waals surface area contributed by atoms with E-state index in [1.54, 1.807) is 30.3 Å². The van der Waals surface area contributed by atoms with Crippen molar-refractivity contribution in [1.29, 1.82) is 21.0 Å². The van der Waals surface area contributed by atoms with Crippen molar-refractivity contribution in [2.75, 3.05) is 0 Å². The first-order valence-corrected chi connectivity index (χ1v) is 9.79. The number of nitrogens with zero attached hydrogens (tertiary/aromatic N) is 4. The molecule has 146 valence electrons. The Bertz CT molecular complexity index is 1500. The van der Waals surface area contributed by atoms with Gasteiger partial charge in [-0.1, -0.05) is 72.8 Å². The normalized spacial score (nSPS) is 9.75. The van der Waals surface area contributed by atoms with Gasteiger partial charge in [0.15, 0.2) is 0 Å². The van der Waals surface area contributed by atoms with Crippen molar-refractivity contribution in [2.45, 2.75) is 0 Å². The van der Waals surface area contributed by atoms with Gasteiger partial charge in [0.2, 0.25) is 0 Å². The summed E-state index contributed by atoms with van der Waals surface area (Å²) in [5.74, 6) is 0. The van der Waals surface area contributed by atoms with E-state index in [1.807, 2.05) is 54.6 Å². The molecule has 0 radical (unpaired) electrons. The van der Waals surface area contributed by atoms with Gasteiger partial charge in [-0.2, -0.15) is 21.0 Å². The third kappa shape index (κ3) is 3.36. The molecule has 0 N–H and O–H groups in total. The van der Waals surface area contributed by atoms with E-state index in [0.717, 1.165) is 16.7 Å². The quantitative estimate of drug-likeness (QED) is 0.406. The molecule has 0 aromatic heterocycles. The highest BCUT2D eigenvalue weighted by atomic mass is 14.3. The monoisotopic (exact) mass is 406 g/mol. The lowest BCUT2D eigenvalue weighted by molar-refractivity contribution is 1.41.